The Bertz CT molecular complexity index is 410. The molecule has 0 fully saturated rings. The van der Waals surface area contributed by atoms with E-state index in [1.54, 1.807) is 0 Å². The molecule has 0 spiro atoms. The summed E-state index contributed by atoms with van der Waals surface area (Å²) in [5.74, 6) is -0.430. The van der Waals surface area contributed by atoms with Gasteiger partial charge < -0.3 is 0 Å². The van der Waals surface area contributed by atoms with Gasteiger partial charge in [-0.3, -0.25) is 4.79 Å². The van der Waals surface area contributed by atoms with Gasteiger partial charge in [-0.25, -0.2) is 0 Å². The lowest BCUT2D eigenvalue weighted by Crippen LogP contribution is -2.08. The van der Waals surface area contributed by atoms with Crippen LogP contribution in [0.15, 0.2) is 12.1 Å². The molecule has 0 bridgehead atoms. The predicted octanol–water partition coefficient (Wildman–Crippen LogP) is 3.87. The van der Waals surface area contributed by atoms with Gasteiger partial charge in [0.15, 0.2) is 5.78 Å². The number of hydrogen-bond acceptors (Lipinski definition) is 1. The van der Waals surface area contributed by atoms with Gasteiger partial charge >= 0.3 is 6.18 Å². The van der Waals surface area contributed by atoms with Crippen LogP contribution in [0, 0.1) is 6.92 Å². The number of Topliss-reactive ketones (excluding diaryl/α,β-unsaturated/α-hetero) is 1. The van der Waals surface area contributed by atoms with Gasteiger partial charge in [0, 0.05) is 10.6 Å². The summed E-state index contributed by atoms with van der Waals surface area (Å²) in [5.41, 5.74) is -0.518. The molecule has 0 saturated carbocycles. The summed E-state index contributed by atoms with van der Waals surface area (Å²) in [6, 6.07) is 1.65. The molecule has 1 aromatic carbocycles. The normalized spacial score (nSPS) is 11.6. The Morgan fingerprint density at radius 1 is 1.33 bits per heavy atom. The molecule has 0 aromatic heterocycles. The van der Waals surface area contributed by atoms with Crippen LogP contribution in [0.3, 0.4) is 0 Å². The monoisotopic (exact) mass is 236 g/mol. The van der Waals surface area contributed by atoms with Crippen molar-refractivity contribution in [2.75, 3.05) is 0 Å². The first kappa shape index (κ1) is 12.0. The van der Waals surface area contributed by atoms with Crippen molar-refractivity contribution in [2.45, 2.75) is 20.0 Å². The van der Waals surface area contributed by atoms with E-state index in [-0.39, 0.29) is 10.6 Å². The van der Waals surface area contributed by atoms with E-state index in [4.69, 9.17) is 11.6 Å². The SMILES string of the molecule is CC(=O)c1cc(C(F)(F)F)cc(Cl)c1C. The average Bonchev–Trinajstić information content (AvgIpc) is 2.06. The minimum Gasteiger partial charge on any atom is -0.295 e. The van der Waals surface area contributed by atoms with Gasteiger partial charge in [-0.15, -0.1) is 0 Å². The highest BCUT2D eigenvalue weighted by atomic mass is 35.5. The van der Waals surface area contributed by atoms with Crippen molar-refractivity contribution in [3.8, 4) is 0 Å². The van der Waals surface area contributed by atoms with Crippen molar-refractivity contribution in [3.05, 3.63) is 33.8 Å². The molecular formula is C10H8ClF3O. The number of carbonyl (C=O) groups excluding carboxylic acids is 1. The van der Waals surface area contributed by atoms with Crippen LogP contribution in [-0.2, 0) is 6.18 Å². The number of halogens is 4. The van der Waals surface area contributed by atoms with Crippen molar-refractivity contribution in [2.24, 2.45) is 0 Å². The summed E-state index contributed by atoms with van der Waals surface area (Å²) < 4.78 is 37.1. The van der Waals surface area contributed by atoms with Crippen LogP contribution in [0.4, 0.5) is 13.2 Å². The molecular weight excluding hydrogens is 229 g/mol. The molecule has 5 heteroatoms. The van der Waals surface area contributed by atoms with Crippen LogP contribution in [0.5, 0.6) is 0 Å². The summed E-state index contributed by atoms with van der Waals surface area (Å²) in [6.45, 7) is 2.72. The van der Waals surface area contributed by atoms with E-state index in [2.05, 4.69) is 0 Å². The standard InChI is InChI=1S/C10H8ClF3O/c1-5-8(6(2)15)3-7(4-9(5)11)10(12,13)14/h3-4H,1-2H3. The minimum atomic E-state index is -4.48. The zero-order valence-corrected chi connectivity index (χ0v) is 8.83. The maximum atomic E-state index is 12.4. The van der Waals surface area contributed by atoms with Crippen molar-refractivity contribution >= 4 is 17.4 Å². The minimum absolute atomic E-state index is 0.00910. The van der Waals surface area contributed by atoms with Crippen LogP contribution >= 0.6 is 11.6 Å². The van der Waals surface area contributed by atoms with E-state index in [0.717, 1.165) is 12.1 Å². The molecule has 0 radical (unpaired) electrons. The van der Waals surface area contributed by atoms with Gasteiger partial charge in [-0.1, -0.05) is 11.6 Å². The zero-order valence-electron chi connectivity index (χ0n) is 8.07. The van der Waals surface area contributed by atoms with E-state index in [1.165, 1.54) is 13.8 Å². The van der Waals surface area contributed by atoms with E-state index in [9.17, 15) is 18.0 Å². The Labute approximate surface area is 89.9 Å². The smallest absolute Gasteiger partial charge is 0.295 e. The molecule has 0 atom stereocenters. The molecule has 1 nitrogen and oxygen atoms in total. The lowest BCUT2D eigenvalue weighted by Gasteiger charge is -2.11. The first-order chi connectivity index (χ1) is 6.73. The van der Waals surface area contributed by atoms with Crippen molar-refractivity contribution in [3.63, 3.8) is 0 Å². The molecule has 0 unspecified atom stereocenters. The highest BCUT2D eigenvalue weighted by molar-refractivity contribution is 6.32. The molecule has 82 valence electrons. The number of carbonyl (C=O) groups is 1. The molecule has 1 aromatic rings. The third-order valence-electron chi connectivity index (χ3n) is 2.05. The summed E-state index contributed by atoms with van der Waals surface area (Å²) in [4.78, 5) is 11.1. The van der Waals surface area contributed by atoms with Gasteiger partial charge in [-0.2, -0.15) is 13.2 Å². The summed E-state index contributed by atoms with van der Waals surface area (Å²) >= 11 is 5.62. The number of ketones is 1. The van der Waals surface area contributed by atoms with Crippen LogP contribution in [-0.4, -0.2) is 5.78 Å². The van der Waals surface area contributed by atoms with Gasteiger partial charge in [0.25, 0.3) is 0 Å². The summed E-state index contributed by atoms with van der Waals surface area (Å²) in [5, 5.41) is -0.0463. The topological polar surface area (TPSA) is 17.1 Å². The van der Waals surface area contributed by atoms with E-state index < -0.39 is 17.5 Å². The molecule has 0 heterocycles. The molecule has 0 aliphatic carbocycles. The fourth-order valence-corrected chi connectivity index (χ4v) is 1.43. The first-order valence-corrected chi connectivity index (χ1v) is 4.49. The highest BCUT2D eigenvalue weighted by Crippen LogP contribution is 2.33. The van der Waals surface area contributed by atoms with Crippen molar-refractivity contribution in [1.82, 2.24) is 0 Å². The molecule has 0 amide bonds. The number of rotatable bonds is 1. The Kier molecular flexibility index (Phi) is 3.09. The maximum Gasteiger partial charge on any atom is 0.416 e. The summed E-state index contributed by atoms with van der Waals surface area (Å²) in [7, 11) is 0. The van der Waals surface area contributed by atoms with Crippen LogP contribution < -0.4 is 0 Å². The maximum absolute atomic E-state index is 12.4. The third kappa shape index (κ3) is 2.50. The van der Waals surface area contributed by atoms with Crippen LogP contribution in [0.1, 0.15) is 28.4 Å². The number of hydrogen-bond donors (Lipinski definition) is 0. The van der Waals surface area contributed by atoms with Crippen molar-refractivity contribution in [1.29, 1.82) is 0 Å². The molecule has 0 aliphatic heterocycles. The molecule has 15 heavy (non-hydrogen) atoms. The molecule has 0 aliphatic rings. The Morgan fingerprint density at radius 2 is 1.87 bits per heavy atom. The van der Waals surface area contributed by atoms with Gasteiger partial charge in [0.2, 0.25) is 0 Å². The van der Waals surface area contributed by atoms with Gasteiger partial charge in [-0.05, 0) is 31.5 Å². The van der Waals surface area contributed by atoms with E-state index in [1.807, 2.05) is 0 Å². The Hall–Kier alpha value is -1.03. The van der Waals surface area contributed by atoms with Crippen LogP contribution in [0.25, 0.3) is 0 Å². The van der Waals surface area contributed by atoms with Crippen LogP contribution in [0.2, 0.25) is 5.02 Å². The average molecular weight is 237 g/mol. The lowest BCUT2D eigenvalue weighted by molar-refractivity contribution is -0.137. The quantitative estimate of drug-likeness (QED) is 0.677. The second-order valence-electron chi connectivity index (χ2n) is 3.18. The fourth-order valence-electron chi connectivity index (χ4n) is 1.21. The second-order valence-corrected chi connectivity index (χ2v) is 3.59. The zero-order chi connectivity index (χ0) is 11.8. The Morgan fingerprint density at radius 3 is 2.27 bits per heavy atom. The van der Waals surface area contributed by atoms with Gasteiger partial charge in [0.1, 0.15) is 0 Å². The Balaban J connectivity index is 3.43. The first-order valence-electron chi connectivity index (χ1n) is 4.11. The largest absolute Gasteiger partial charge is 0.416 e. The number of benzene rings is 1. The molecule has 1 rings (SSSR count). The number of alkyl halides is 3. The lowest BCUT2D eigenvalue weighted by atomic mass is 10.0. The van der Waals surface area contributed by atoms with Gasteiger partial charge in [0.05, 0.1) is 5.56 Å². The van der Waals surface area contributed by atoms with E-state index in [0.29, 0.717) is 5.56 Å². The highest BCUT2D eigenvalue weighted by Gasteiger charge is 2.32. The predicted molar refractivity (Wildman–Crippen MR) is 51.2 cm³/mol. The molecule has 0 N–H and O–H groups in total. The second kappa shape index (κ2) is 3.85. The molecule has 0 saturated heterocycles. The summed E-state index contributed by atoms with van der Waals surface area (Å²) in [6.07, 6.45) is -4.48. The fraction of sp³-hybridized carbons (Fsp3) is 0.300. The third-order valence-corrected chi connectivity index (χ3v) is 2.44. The van der Waals surface area contributed by atoms with E-state index >= 15 is 0 Å². The van der Waals surface area contributed by atoms with Crippen molar-refractivity contribution < 1.29 is 18.0 Å².